The second kappa shape index (κ2) is 7.48. The number of rotatable bonds is 7. The summed E-state index contributed by atoms with van der Waals surface area (Å²) in [7, 11) is 0. The maximum absolute atomic E-state index is 12.6. The normalized spacial score (nSPS) is 16.3. The van der Waals surface area contributed by atoms with Gasteiger partial charge in [-0.2, -0.15) is 0 Å². The molecule has 0 saturated heterocycles. The number of carbonyl (C=O) groups is 1. The van der Waals surface area contributed by atoms with Gasteiger partial charge in [-0.3, -0.25) is 4.79 Å². The number of aliphatic hydroxyl groups is 1. The van der Waals surface area contributed by atoms with Gasteiger partial charge in [0.15, 0.2) is 0 Å². The predicted molar refractivity (Wildman–Crippen MR) is 85.9 cm³/mol. The Kier molecular flexibility index (Phi) is 5.91. The van der Waals surface area contributed by atoms with E-state index >= 15 is 0 Å². The van der Waals surface area contributed by atoms with Gasteiger partial charge in [0.2, 0.25) is 5.91 Å². The minimum atomic E-state index is -0.487. The van der Waals surface area contributed by atoms with Gasteiger partial charge < -0.3 is 10.4 Å². The van der Waals surface area contributed by atoms with Gasteiger partial charge in [0.25, 0.3) is 0 Å². The highest BCUT2D eigenvalue weighted by Crippen LogP contribution is 2.46. The Labute approximate surface area is 135 Å². The average molecular weight is 330 g/mol. The molecule has 0 aliphatic heterocycles. The summed E-state index contributed by atoms with van der Waals surface area (Å²) in [6.45, 7) is 0.851. The van der Waals surface area contributed by atoms with Crippen molar-refractivity contribution in [2.75, 3.05) is 13.2 Å². The molecule has 0 bridgehead atoms. The van der Waals surface area contributed by atoms with Gasteiger partial charge in [0, 0.05) is 23.2 Å². The Morgan fingerprint density at radius 3 is 2.57 bits per heavy atom. The molecule has 1 aliphatic carbocycles. The molecule has 5 heteroatoms. The largest absolute Gasteiger partial charge is 0.396 e. The molecule has 1 aliphatic rings. The molecule has 1 aromatic rings. The standard InChI is InChI=1S/C16H21Cl2NO2/c17-12-5-6-13(14(18)11-12)16(7-4-8-16)15(21)19-9-2-1-3-10-20/h5-6,11,20H,1-4,7-10H2,(H,19,21). The van der Waals surface area contributed by atoms with Crippen molar-refractivity contribution >= 4 is 29.1 Å². The fourth-order valence-corrected chi connectivity index (χ4v) is 3.40. The highest BCUT2D eigenvalue weighted by molar-refractivity contribution is 6.35. The molecular formula is C16H21Cl2NO2. The number of aliphatic hydroxyl groups excluding tert-OH is 1. The third-order valence-corrected chi connectivity index (χ3v) is 4.76. The molecule has 1 fully saturated rings. The number of hydrogen-bond acceptors (Lipinski definition) is 2. The van der Waals surface area contributed by atoms with Crippen molar-refractivity contribution in [3.05, 3.63) is 33.8 Å². The quantitative estimate of drug-likeness (QED) is 0.749. The molecular weight excluding hydrogens is 309 g/mol. The Hall–Kier alpha value is -0.770. The summed E-state index contributed by atoms with van der Waals surface area (Å²) >= 11 is 12.2. The van der Waals surface area contributed by atoms with Crippen LogP contribution in [0.4, 0.5) is 0 Å². The van der Waals surface area contributed by atoms with E-state index in [1.165, 1.54) is 0 Å². The number of halogens is 2. The first-order valence-electron chi connectivity index (χ1n) is 7.45. The van der Waals surface area contributed by atoms with Crippen LogP contribution in [0.2, 0.25) is 10.0 Å². The zero-order valence-electron chi connectivity index (χ0n) is 12.0. The summed E-state index contributed by atoms with van der Waals surface area (Å²) < 4.78 is 0. The monoisotopic (exact) mass is 329 g/mol. The number of carbonyl (C=O) groups excluding carboxylic acids is 1. The van der Waals surface area contributed by atoms with Crippen LogP contribution in [-0.4, -0.2) is 24.2 Å². The van der Waals surface area contributed by atoms with Crippen LogP contribution in [0.15, 0.2) is 18.2 Å². The number of hydrogen-bond donors (Lipinski definition) is 2. The van der Waals surface area contributed by atoms with E-state index in [0.717, 1.165) is 44.1 Å². The van der Waals surface area contributed by atoms with Crippen LogP contribution >= 0.6 is 23.2 Å². The first-order chi connectivity index (χ1) is 10.1. The lowest BCUT2D eigenvalue weighted by molar-refractivity contribution is -0.129. The van der Waals surface area contributed by atoms with E-state index < -0.39 is 5.41 Å². The van der Waals surface area contributed by atoms with E-state index in [-0.39, 0.29) is 12.5 Å². The highest BCUT2D eigenvalue weighted by atomic mass is 35.5. The smallest absolute Gasteiger partial charge is 0.230 e. The predicted octanol–water partition coefficient (Wildman–Crippen LogP) is 3.69. The molecule has 0 heterocycles. The summed E-state index contributed by atoms with van der Waals surface area (Å²) in [5.74, 6) is 0.0574. The summed E-state index contributed by atoms with van der Waals surface area (Å²) in [5.41, 5.74) is 0.395. The Morgan fingerprint density at radius 1 is 1.24 bits per heavy atom. The van der Waals surface area contributed by atoms with Crippen molar-refractivity contribution in [2.24, 2.45) is 0 Å². The molecule has 0 aromatic heterocycles. The van der Waals surface area contributed by atoms with Crippen molar-refractivity contribution in [1.82, 2.24) is 5.32 Å². The zero-order chi connectivity index (χ0) is 15.3. The molecule has 0 atom stereocenters. The highest BCUT2D eigenvalue weighted by Gasteiger charge is 2.46. The van der Waals surface area contributed by atoms with Crippen LogP contribution in [0.25, 0.3) is 0 Å². The van der Waals surface area contributed by atoms with Crippen LogP contribution in [0.1, 0.15) is 44.1 Å². The Morgan fingerprint density at radius 2 is 2.00 bits per heavy atom. The number of benzene rings is 1. The van der Waals surface area contributed by atoms with Crippen molar-refractivity contribution in [1.29, 1.82) is 0 Å². The summed E-state index contributed by atoms with van der Waals surface area (Å²) in [5, 5.41) is 12.9. The van der Waals surface area contributed by atoms with E-state index in [2.05, 4.69) is 5.32 Å². The number of unbranched alkanes of at least 4 members (excludes halogenated alkanes) is 2. The van der Waals surface area contributed by atoms with E-state index in [4.69, 9.17) is 28.3 Å². The van der Waals surface area contributed by atoms with Gasteiger partial charge in [-0.25, -0.2) is 0 Å². The van der Waals surface area contributed by atoms with Gasteiger partial charge >= 0.3 is 0 Å². The van der Waals surface area contributed by atoms with E-state index in [0.29, 0.717) is 16.6 Å². The average Bonchev–Trinajstić information content (AvgIpc) is 2.39. The molecule has 116 valence electrons. The molecule has 1 saturated carbocycles. The van der Waals surface area contributed by atoms with Gasteiger partial charge in [-0.15, -0.1) is 0 Å². The van der Waals surface area contributed by atoms with E-state index in [9.17, 15) is 4.79 Å². The zero-order valence-corrected chi connectivity index (χ0v) is 13.5. The third kappa shape index (κ3) is 3.71. The summed E-state index contributed by atoms with van der Waals surface area (Å²) in [4.78, 5) is 12.6. The minimum absolute atomic E-state index is 0.0574. The van der Waals surface area contributed by atoms with Gasteiger partial charge in [-0.1, -0.05) is 35.7 Å². The molecule has 21 heavy (non-hydrogen) atoms. The van der Waals surface area contributed by atoms with E-state index in [1.807, 2.05) is 6.07 Å². The molecule has 1 aromatic carbocycles. The maximum atomic E-state index is 12.6. The maximum Gasteiger partial charge on any atom is 0.230 e. The lowest BCUT2D eigenvalue weighted by atomic mass is 9.63. The number of amides is 1. The van der Waals surface area contributed by atoms with Crippen LogP contribution in [0.5, 0.6) is 0 Å². The van der Waals surface area contributed by atoms with Crippen molar-refractivity contribution in [2.45, 2.75) is 43.9 Å². The Balaban J connectivity index is 2.02. The van der Waals surface area contributed by atoms with E-state index in [1.54, 1.807) is 12.1 Å². The Bertz CT molecular complexity index is 501. The number of nitrogens with one attached hydrogen (secondary N) is 1. The van der Waals surface area contributed by atoms with Crippen molar-refractivity contribution in [3.63, 3.8) is 0 Å². The van der Waals surface area contributed by atoms with Crippen LogP contribution in [0, 0.1) is 0 Å². The first-order valence-corrected chi connectivity index (χ1v) is 8.20. The molecule has 3 nitrogen and oxygen atoms in total. The first kappa shape index (κ1) is 16.6. The lowest BCUT2D eigenvalue weighted by Crippen LogP contribution is -2.49. The van der Waals surface area contributed by atoms with Gasteiger partial charge in [0.05, 0.1) is 5.41 Å². The van der Waals surface area contributed by atoms with Crippen LogP contribution in [-0.2, 0) is 10.2 Å². The fourth-order valence-electron chi connectivity index (χ4n) is 2.81. The topological polar surface area (TPSA) is 49.3 Å². The molecule has 0 unspecified atom stereocenters. The van der Waals surface area contributed by atoms with Crippen LogP contribution in [0.3, 0.4) is 0 Å². The SMILES string of the molecule is O=C(NCCCCCO)C1(c2ccc(Cl)cc2Cl)CCC1. The van der Waals surface area contributed by atoms with Crippen molar-refractivity contribution in [3.8, 4) is 0 Å². The van der Waals surface area contributed by atoms with Crippen molar-refractivity contribution < 1.29 is 9.90 Å². The summed E-state index contributed by atoms with van der Waals surface area (Å²) in [6, 6.07) is 5.36. The van der Waals surface area contributed by atoms with Gasteiger partial charge in [0.1, 0.15) is 0 Å². The lowest BCUT2D eigenvalue weighted by Gasteiger charge is -2.41. The summed E-state index contributed by atoms with van der Waals surface area (Å²) in [6.07, 6.45) is 5.29. The fraction of sp³-hybridized carbons (Fsp3) is 0.562. The molecule has 2 N–H and O–H groups in total. The second-order valence-corrected chi connectivity index (χ2v) is 6.44. The molecule has 0 radical (unpaired) electrons. The van der Waals surface area contributed by atoms with Crippen LogP contribution < -0.4 is 5.32 Å². The molecule has 2 rings (SSSR count). The molecule has 1 amide bonds. The second-order valence-electron chi connectivity index (χ2n) is 5.60. The molecule has 0 spiro atoms. The van der Waals surface area contributed by atoms with Gasteiger partial charge in [-0.05, 0) is 49.8 Å². The third-order valence-electron chi connectivity index (χ3n) is 4.21. The minimum Gasteiger partial charge on any atom is -0.396 e.